The lowest BCUT2D eigenvalue weighted by molar-refractivity contribution is -0.114. The SMILES string of the molecule is CCOC(=O)N1CCC(NC(=O)Nc2ccc(NC(C)=O)cc2)CC1. The maximum absolute atomic E-state index is 12.1. The van der Waals surface area contributed by atoms with E-state index in [1.54, 1.807) is 36.1 Å². The number of ether oxygens (including phenoxy) is 1. The minimum absolute atomic E-state index is 0.0179. The zero-order valence-electron chi connectivity index (χ0n) is 14.5. The van der Waals surface area contributed by atoms with E-state index >= 15 is 0 Å². The van der Waals surface area contributed by atoms with Gasteiger partial charge in [0.2, 0.25) is 5.91 Å². The Morgan fingerprint density at radius 3 is 2.16 bits per heavy atom. The molecular weight excluding hydrogens is 324 g/mol. The number of benzene rings is 1. The van der Waals surface area contributed by atoms with Gasteiger partial charge in [0.25, 0.3) is 0 Å². The van der Waals surface area contributed by atoms with E-state index in [4.69, 9.17) is 4.74 Å². The van der Waals surface area contributed by atoms with E-state index in [-0.39, 0.29) is 24.1 Å². The molecule has 1 fully saturated rings. The summed E-state index contributed by atoms with van der Waals surface area (Å²) < 4.78 is 4.97. The Labute approximate surface area is 146 Å². The summed E-state index contributed by atoms with van der Waals surface area (Å²) in [5.74, 6) is -0.146. The largest absolute Gasteiger partial charge is 0.450 e. The Hall–Kier alpha value is -2.77. The highest BCUT2D eigenvalue weighted by Crippen LogP contribution is 2.15. The Balaban J connectivity index is 1.75. The van der Waals surface area contributed by atoms with Crippen LogP contribution in [-0.2, 0) is 9.53 Å². The summed E-state index contributed by atoms with van der Waals surface area (Å²) >= 11 is 0. The molecule has 0 spiro atoms. The molecule has 0 bridgehead atoms. The third-order valence-electron chi connectivity index (χ3n) is 3.82. The molecule has 3 N–H and O–H groups in total. The number of hydrogen-bond donors (Lipinski definition) is 3. The van der Waals surface area contributed by atoms with Crippen LogP contribution in [0.4, 0.5) is 21.0 Å². The van der Waals surface area contributed by atoms with E-state index in [2.05, 4.69) is 16.0 Å². The topological polar surface area (TPSA) is 99.8 Å². The van der Waals surface area contributed by atoms with Crippen molar-refractivity contribution in [2.24, 2.45) is 0 Å². The molecule has 4 amide bonds. The highest BCUT2D eigenvalue weighted by molar-refractivity contribution is 5.91. The second kappa shape index (κ2) is 8.91. The first-order chi connectivity index (χ1) is 12.0. The third-order valence-corrected chi connectivity index (χ3v) is 3.82. The zero-order valence-corrected chi connectivity index (χ0v) is 14.5. The van der Waals surface area contributed by atoms with E-state index in [1.165, 1.54) is 6.92 Å². The van der Waals surface area contributed by atoms with Gasteiger partial charge in [0.1, 0.15) is 0 Å². The van der Waals surface area contributed by atoms with E-state index in [1.807, 2.05) is 0 Å². The first kappa shape index (κ1) is 18.6. The molecule has 1 aliphatic heterocycles. The van der Waals surface area contributed by atoms with Crippen molar-refractivity contribution in [1.82, 2.24) is 10.2 Å². The maximum atomic E-state index is 12.1. The minimum Gasteiger partial charge on any atom is -0.450 e. The molecule has 136 valence electrons. The Morgan fingerprint density at radius 2 is 1.64 bits per heavy atom. The summed E-state index contributed by atoms with van der Waals surface area (Å²) in [5, 5.41) is 8.33. The fourth-order valence-corrected chi connectivity index (χ4v) is 2.61. The highest BCUT2D eigenvalue weighted by Gasteiger charge is 2.24. The molecule has 1 saturated heterocycles. The quantitative estimate of drug-likeness (QED) is 0.778. The summed E-state index contributed by atoms with van der Waals surface area (Å²) in [5.41, 5.74) is 1.31. The van der Waals surface area contributed by atoms with Crippen molar-refractivity contribution >= 4 is 29.4 Å². The zero-order chi connectivity index (χ0) is 18.2. The number of urea groups is 1. The first-order valence-corrected chi connectivity index (χ1v) is 8.34. The monoisotopic (exact) mass is 348 g/mol. The molecule has 0 saturated carbocycles. The number of rotatable bonds is 4. The Morgan fingerprint density at radius 1 is 1.08 bits per heavy atom. The highest BCUT2D eigenvalue weighted by atomic mass is 16.6. The summed E-state index contributed by atoms with van der Waals surface area (Å²) in [4.78, 5) is 36.3. The molecule has 8 heteroatoms. The van der Waals surface area contributed by atoms with Gasteiger partial charge in [-0.1, -0.05) is 0 Å². The number of carbonyl (C=O) groups excluding carboxylic acids is 3. The van der Waals surface area contributed by atoms with E-state index in [0.717, 1.165) is 0 Å². The Kier molecular flexibility index (Phi) is 6.62. The van der Waals surface area contributed by atoms with Crippen LogP contribution in [0, 0.1) is 0 Å². The fraction of sp³-hybridized carbons (Fsp3) is 0.471. The van der Waals surface area contributed by atoms with Crippen molar-refractivity contribution in [2.45, 2.75) is 32.7 Å². The summed E-state index contributed by atoms with van der Waals surface area (Å²) in [6.45, 7) is 4.70. The smallest absolute Gasteiger partial charge is 0.409 e. The van der Waals surface area contributed by atoms with Crippen LogP contribution >= 0.6 is 0 Å². The van der Waals surface area contributed by atoms with Crippen molar-refractivity contribution in [2.75, 3.05) is 30.3 Å². The number of hydrogen-bond acceptors (Lipinski definition) is 4. The predicted octanol–water partition coefficient (Wildman–Crippen LogP) is 2.39. The van der Waals surface area contributed by atoms with Crippen LogP contribution in [0.5, 0.6) is 0 Å². The average molecular weight is 348 g/mol. The van der Waals surface area contributed by atoms with Crippen LogP contribution in [0.2, 0.25) is 0 Å². The van der Waals surface area contributed by atoms with Crippen molar-refractivity contribution in [3.63, 3.8) is 0 Å². The van der Waals surface area contributed by atoms with Gasteiger partial charge in [0, 0.05) is 37.4 Å². The minimum atomic E-state index is -0.301. The molecule has 1 aliphatic rings. The van der Waals surface area contributed by atoms with Crippen molar-refractivity contribution < 1.29 is 19.1 Å². The van der Waals surface area contributed by atoms with Gasteiger partial charge in [0.15, 0.2) is 0 Å². The second-order valence-corrected chi connectivity index (χ2v) is 5.82. The fourth-order valence-electron chi connectivity index (χ4n) is 2.61. The van der Waals surface area contributed by atoms with Gasteiger partial charge >= 0.3 is 12.1 Å². The van der Waals surface area contributed by atoms with E-state index < -0.39 is 0 Å². The van der Waals surface area contributed by atoms with Gasteiger partial charge in [-0.05, 0) is 44.0 Å². The average Bonchev–Trinajstić information content (AvgIpc) is 2.57. The Bertz CT molecular complexity index is 610. The van der Waals surface area contributed by atoms with Gasteiger partial charge in [-0.15, -0.1) is 0 Å². The molecule has 1 aromatic carbocycles. The van der Waals surface area contributed by atoms with Gasteiger partial charge in [-0.2, -0.15) is 0 Å². The van der Waals surface area contributed by atoms with Crippen molar-refractivity contribution in [3.8, 4) is 0 Å². The molecule has 0 aromatic heterocycles. The van der Waals surface area contributed by atoms with Crippen LogP contribution < -0.4 is 16.0 Å². The molecule has 8 nitrogen and oxygen atoms in total. The van der Waals surface area contributed by atoms with Crippen LogP contribution in [-0.4, -0.2) is 48.7 Å². The summed E-state index contributed by atoms with van der Waals surface area (Å²) in [6, 6.07) is 6.60. The van der Waals surface area contributed by atoms with E-state index in [0.29, 0.717) is 43.9 Å². The number of likely N-dealkylation sites (tertiary alicyclic amines) is 1. The van der Waals surface area contributed by atoms with Gasteiger partial charge in [-0.25, -0.2) is 9.59 Å². The predicted molar refractivity (Wildman–Crippen MR) is 94.5 cm³/mol. The third kappa shape index (κ3) is 5.98. The molecule has 2 rings (SSSR count). The summed E-state index contributed by atoms with van der Waals surface area (Å²) in [6.07, 6.45) is 1.08. The molecule has 0 unspecified atom stereocenters. The molecule has 0 radical (unpaired) electrons. The lowest BCUT2D eigenvalue weighted by atomic mass is 10.1. The van der Waals surface area contributed by atoms with Crippen LogP contribution in [0.3, 0.4) is 0 Å². The number of nitrogens with one attached hydrogen (secondary N) is 3. The number of carbonyl (C=O) groups is 3. The lowest BCUT2D eigenvalue weighted by Gasteiger charge is -2.31. The molecule has 1 aromatic rings. The number of piperidine rings is 1. The maximum Gasteiger partial charge on any atom is 0.409 e. The van der Waals surface area contributed by atoms with Crippen LogP contribution in [0.25, 0.3) is 0 Å². The van der Waals surface area contributed by atoms with Crippen molar-refractivity contribution in [3.05, 3.63) is 24.3 Å². The second-order valence-electron chi connectivity index (χ2n) is 5.82. The van der Waals surface area contributed by atoms with Gasteiger partial charge < -0.3 is 25.6 Å². The molecule has 25 heavy (non-hydrogen) atoms. The first-order valence-electron chi connectivity index (χ1n) is 8.34. The molecule has 0 aliphatic carbocycles. The van der Waals surface area contributed by atoms with E-state index in [9.17, 15) is 14.4 Å². The summed E-state index contributed by atoms with van der Waals surface area (Å²) in [7, 11) is 0. The number of nitrogens with zero attached hydrogens (tertiary/aromatic N) is 1. The van der Waals surface area contributed by atoms with Crippen LogP contribution in [0.15, 0.2) is 24.3 Å². The van der Waals surface area contributed by atoms with Crippen LogP contribution in [0.1, 0.15) is 26.7 Å². The molecular formula is C17H24N4O4. The standard InChI is InChI=1S/C17H24N4O4/c1-3-25-17(24)21-10-8-15(9-11-21)20-16(23)19-14-6-4-13(5-7-14)18-12(2)22/h4-7,15H,3,8-11H2,1-2H3,(H,18,22)(H2,19,20,23). The number of anilines is 2. The van der Waals surface area contributed by atoms with Crippen molar-refractivity contribution in [1.29, 1.82) is 0 Å². The van der Waals surface area contributed by atoms with Gasteiger partial charge in [0.05, 0.1) is 6.61 Å². The number of amides is 4. The molecule has 0 atom stereocenters. The lowest BCUT2D eigenvalue weighted by Crippen LogP contribution is -2.47. The van der Waals surface area contributed by atoms with Gasteiger partial charge in [-0.3, -0.25) is 4.79 Å². The molecule has 1 heterocycles. The normalized spacial score (nSPS) is 14.6.